The number of benzene rings is 1. The summed E-state index contributed by atoms with van der Waals surface area (Å²) in [6.07, 6.45) is 5.11. The van der Waals surface area contributed by atoms with Crippen LogP contribution in [0.4, 0.5) is 0 Å². The Kier molecular flexibility index (Phi) is 3.68. The van der Waals surface area contributed by atoms with Crippen LogP contribution in [0.15, 0.2) is 48.6 Å². The molecule has 0 amide bonds. The van der Waals surface area contributed by atoms with Crippen molar-refractivity contribution < 1.29 is 9.90 Å². The minimum atomic E-state index is -0.908. The number of aliphatic carboxylic acids is 1. The number of hydrogen-bond acceptors (Lipinski definition) is 1. The second kappa shape index (κ2) is 5.02. The smallest absolute Gasteiger partial charge is 0.336 e. The van der Waals surface area contributed by atoms with Crippen molar-refractivity contribution in [3.05, 3.63) is 54.1 Å². The molecular formula is C12H12O2. The molecule has 0 heterocycles. The van der Waals surface area contributed by atoms with E-state index in [0.29, 0.717) is 5.57 Å². The molecule has 0 aliphatic carbocycles. The Morgan fingerprint density at radius 1 is 1.29 bits per heavy atom. The first-order chi connectivity index (χ1) is 6.75. The maximum absolute atomic E-state index is 10.9. The molecule has 2 heteroatoms. The Labute approximate surface area is 83.2 Å². The highest BCUT2D eigenvalue weighted by atomic mass is 16.4. The Morgan fingerprint density at radius 2 is 1.93 bits per heavy atom. The zero-order valence-corrected chi connectivity index (χ0v) is 7.97. The van der Waals surface area contributed by atoms with Crippen LogP contribution in [-0.2, 0) is 4.79 Å². The van der Waals surface area contributed by atoms with E-state index in [1.54, 1.807) is 30.4 Å². The second-order valence-electron chi connectivity index (χ2n) is 2.78. The minimum Gasteiger partial charge on any atom is -0.478 e. The molecule has 14 heavy (non-hydrogen) atoms. The predicted octanol–water partition coefficient (Wildman–Crippen LogP) is 2.73. The molecule has 0 fully saturated rings. The first-order valence-electron chi connectivity index (χ1n) is 4.37. The lowest BCUT2D eigenvalue weighted by molar-refractivity contribution is -0.130. The molecule has 0 saturated heterocycles. The van der Waals surface area contributed by atoms with Crippen molar-refractivity contribution in [2.24, 2.45) is 0 Å². The van der Waals surface area contributed by atoms with Gasteiger partial charge in [-0.3, -0.25) is 0 Å². The molecule has 0 unspecified atom stereocenters. The molecule has 72 valence electrons. The van der Waals surface area contributed by atoms with E-state index in [4.69, 9.17) is 5.11 Å². The van der Waals surface area contributed by atoms with Gasteiger partial charge in [0.25, 0.3) is 0 Å². The SMILES string of the molecule is C/C=C/C=C(/C(=O)O)c1ccccc1. The van der Waals surface area contributed by atoms with Crippen LogP contribution in [0.25, 0.3) is 5.57 Å². The number of carboxylic acid groups (broad SMARTS) is 1. The van der Waals surface area contributed by atoms with Gasteiger partial charge in [0.2, 0.25) is 0 Å². The summed E-state index contributed by atoms with van der Waals surface area (Å²) in [5, 5.41) is 8.95. The summed E-state index contributed by atoms with van der Waals surface area (Å²) in [4.78, 5) is 10.9. The molecule has 0 saturated carbocycles. The summed E-state index contributed by atoms with van der Waals surface area (Å²) in [7, 11) is 0. The van der Waals surface area contributed by atoms with Crippen LogP contribution in [0.3, 0.4) is 0 Å². The van der Waals surface area contributed by atoms with Gasteiger partial charge >= 0.3 is 5.97 Å². The van der Waals surface area contributed by atoms with E-state index in [2.05, 4.69) is 0 Å². The van der Waals surface area contributed by atoms with Gasteiger partial charge in [-0.25, -0.2) is 4.79 Å². The van der Waals surface area contributed by atoms with Crippen molar-refractivity contribution in [2.75, 3.05) is 0 Å². The fraction of sp³-hybridized carbons (Fsp3) is 0.0833. The minimum absolute atomic E-state index is 0.309. The average molecular weight is 188 g/mol. The van der Waals surface area contributed by atoms with Crippen LogP contribution < -0.4 is 0 Å². The quantitative estimate of drug-likeness (QED) is 0.585. The standard InChI is InChI=1S/C12H12O2/c1-2-3-9-11(12(13)14)10-7-5-4-6-8-10/h2-9H,1H3,(H,13,14)/b3-2+,11-9+. The molecule has 0 radical (unpaired) electrons. The molecule has 0 aromatic heterocycles. The van der Waals surface area contributed by atoms with Crippen LogP contribution in [0.5, 0.6) is 0 Å². The summed E-state index contributed by atoms with van der Waals surface area (Å²) in [5.74, 6) is -0.908. The molecule has 1 aromatic rings. The lowest BCUT2D eigenvalue weighted by atomic mass is 10.1. The molecule has 0 aliphatic rings. The maximum atomic E-state index is 10.9. The summed E-state index contributed by atoms with van der Waals surface area (Å²) in [6, 6.07) is 9.06. The lowest BCUT2D eigenvalue weighted by Crippen LogP contribution is -1.98. The molecule has 2 nitrogen and oxygen atoms in total. The molecule has 1 rings (SSSR count). The lowest BCUT2D eigenvalue weighted by Gasteiger charge is -2.00. The second-order valence-corrected chi connectivity index (χ2v) is 2.78. The van der Waals surface area contributed by atoms with E-state index in [1.165, 1.54) is 0 Å². The topological polar surface area (TPSA) is 37.3 Å². The summed E-state index contributed by atoms with van der Waals surface area (Å²) in [5.41, 5.74) is 1.03. The zero-order valence-electron chi connectivity index (χ0n) is 7.97. The Hall–Kier alpha value is -1.83. The Morgan fingerprint density at radius 3 is 2.43 bits per heavy atom. The van der Waals surface area contributed by atoms with Crippen molar-refractivity contribution in [3.63, 3.8) is 0 Å². The molecule has 0 atom stereocenters. The molecular weight excluding hydrogens is 176 g/mol. The van der Waals surface area contributed by atoms with Crippen molar-refractivity contribution in [1.82, 2.24) is 0 Å². The van der Waals surface area contributed by atoms with Crippen LogP contribution >= 0.6 is 0 Å². The number of hydrogen-bond donors (Lipinski definition) is 1. The van der Waals surface area contributed by atoms with Gasteiger partial charge in [0.1, 0.15) is 0 Å². The van der Waals surface area contributed by atoms with Crippen LogP contribution in [0, 0.1) is 0 Å². The Balaban J connectivity index is 3.07. The number of rotatable bonds is 3. The number of carboxylic acids is 1. The van der Waals surface area contributed by atoms with E-state index in [9.17, 15) is 4.79 Å². The van der Waals surface area contributed by atoms with Crippen molar-refractivity contribution in [2.45, 2.75) is 6.92 Å². The van der Waals surface area contributed by atoms with Gasteiger partial charge in [-0.05, 0) is 18.6 Å². The third-order valence-corrected chi connectivity index (χ3v) is 1.77. The fourth-order valence-electron chi connectivity index (χ4n) is 1.10. The van der Waals surface area contributed by atoms with Gasteiger partial charge in [-0.1, -0.05) is 42.5 Å². The van der Waals surface area contributed by atoms with E-state index in [0.717, 1.165) is 5.56 Å². The van der Waals surface area contributed by atoms with Gasteiger partial charge in [0.05, 0.1) is 5.57 Å². The molecule has 1 N–H and O–H groups in total. The average Bonchev–Trinajstić information content (AvgIpc) is 2.19. The van der Waals surface area contributed by atoms with Crippen molar-refractivity contribution in [1.29, 1.82) is 0 Å². The summed E-state index contributed by atoms with van der Waals surface area (Å²) >= 11 is 0. The predicted molar refractivity (Wildman–Crippen MR) is 56.9 cm³/mol. The van der Waals surface area contributed by atoms with Gasteiger partial charge in [0.15, 0.2) is 0 Å². The van der Waals surface area contributed by atoms with Gasteiger partial charge in [-0.15, -0.1) is 0 Å². The van der Waals surface area contributed by atoms with Crippen LogP contribution in [0.2, 0.25) is 0 Å². The van der Waals surface area contributed by atoms with Crippen molar-refractivity contribution >= 4 is 11.5 Å². The van der Waals surface area contributed by atoms with Gasteiger partial charge in [-0.2, -0.15) is 0 Å². The molecule has 0 bridgehead atoms. The number of carbonyl (C=O) groups is 1. The normalized spacial score (nSPS) is 11.9. The largest absolute Gasteiger partial charge is 0.478 e. The maximum Gasteiger partial charge on any atom is 0.336 e. The highest BCUT2D eigenvalue weighted by molar-refractivity contribution is 6.15. The Bertz CT molecular complexity index is 361. The highest BCUT2D eigenvalue weighted by Crippen LogP contribution is 2.13. The van der Waals surface area contributed by atoms with E-state index in [-0.39, 0.29) is 0 Å². The first kappa shape index (κ1) is 10.3. The fourth-order valence-corrected chi connectivity index (χ4v) is 1.10. The highest BCUT2D eigenvalue weighted by Gasteiger charge is 2.07. The van der Waals surface area contributed by atoms with E-state index < -0.39 is 5.97 Å². The molecule has 0 aliphatic heterocycles. The van der Waals surface area contributed by atoms with E-state index >= 15 is 0 Å². The van der Waals surface area contributed by atoms with Crippen LogP contribution in [-0.4, -0.2) is 11.1 Å². The van der Waals surface area contributed by atoms with Gasteiger partial charge < -0.3 is 5.11 Å². The zero-order chi connectivity index (χ0) is 10.4. The summed E-state index contributed by atoms with van der Waals surface area (Å²) in [6.45, 7) is 1.85. The first-order valence-corrected chi connectivity index (χ1v) is 4.37. The summed E-state index contributed by atoms with van der Waals surface area (Å²) < 4.78 is 0. The monoisotopic (exact) mass is 188 g/mol. The third-order valence-electron chi connectivity index (χ3n) is 1.77. The third kappa shape index (κ3) is 2.59. The molecule has 0 spiro atoms. The van der Waals surface area contributed by atoms with Crippen molar-refractivity contribution in [3.8, 4) is 0 Å². The molecule has 1 aromatic carbocycles. The number of allylic oxidation sites excluding steroid dienone is 3. The van der Waals surface area contributed by atoms with Gasteiger partial charge in [0, 0.05) is 0 Å². The van der Waals surface area contributed by atoms with E-state index in [1.807, 2.05) is 25.1 Å². The van der Waals surface area contributed by atoms with Crippen LogP contribution in [0.1, 0.15) is 12.5 Å².